The first-order valence-corrected chi connectivity index (χ1v) is 4.77. The van der Waals surface area contributed by atoms with E-state index in [1.165, 1.54) is 6.92 Å². The lowest BCUT2D eigenvalue weighted by Gasteiger charge is -2.20. The summed E-state index contributed by atoms with van der Waals surface area (Å²) in [5, 5.41) is 8.47. The second-order valence-electron chi connectivity index (χ2n) is 3.65. The van der Waals surface area contributed by atoms with Crippen molar-refractivity contribution in [2.24, 2.45) is 0 Å². The molecule has 17 heavy (non-hydrogen) atoms. The van der Waals surface area contributed by atoms with Crippen LogP contribution in [0.25, 0.3) is 0 Å². The second kappa shape index (κ2) is 4.73. The normalized spacial score (nSPS) is 13.5. The van der Waals surface area contributed by atoms with E-state index in [0.717, 1.165) is 18.2 Å². The predicted molar refractivity (Wildman–Crippen MR) is 52.2 cm³/mol. The summed E-state index contributed by atoms with van der Waals surface area (Å²) in [6.07, 6.45) is -5.81. The topological polar surface area (TPSA) is 37.3 Å². The Bertz CT molecular complexity index is 426. The molecule has 2 nitrogen and oxygen atoms in total. The van der Waals surface area contributed by atoms with Crippen LogP contribution in [0.3, 0.4) is 0 Å². The van der Waals surface area contributed by atoms with Crippen molar-refractivity contribution >= 4 is 5.97 Å². The van der Waals surface area contributed by atoms with E-state index in [4.69, 9.17) is 5.11 Å². The van der Waals surface area contributed by atoms with Crippen molar-refractivity contribution in [1.82, 2.24) is 0 Å². The van der Waals surface area contributed by atoms with Crippen LogP contribution in [0.15, 0.2) is 18.2 Å². The molecule has 1 aromatic carbocycles. The van der Waals surface area contributed by atoms with E-state index in [-0.39, 0.29) is 11.1 Å². The minimum Gasteiger partial charge on any atom is -0.481 e. The molecule has 0 spiro atoms. The number of carboxylic acid groups (broad SMARTS) is 1. The number of carboxylic acids is 1. The lowest BCUT2D eigenvalue weighted by Crippen LogP contribution is -2.24. The van der Waals surface area contributed by atoms with Crippen LogP contribution >= 0.6 is 0 Å². The van der Waals surface area contributed by atoms with Crippen LogP contribution in [0.5, 0.6) is 0 Å². The molecule has 0 heterocycles. The first-order valence-electron chi connectivity index (χ1n) is 4.77. The maximum Gasteiger partial charge on any atom is 0.396 e. The highest BCUT2D eigenvalue weighted by Gasteiger charge is 2.42. The van der Waals surface area contributed by atoms with Crippen molar-refractivity contribution in [3.05, 3.63) is 35.1 Å². The van der Waals surface area contributed by atoms with E-state index in [2.05, 4.69) is 0 Å². The summed E-state index contributed by atoms with van der Waals surface area (Å²) in [6, 6.07) is 3.27. The molecule has 0 bridgehead atoms. The third-order valence-corrected chi connectivity index (χ3v) is 2.46. The largest absolute Gasteiger partial charge is 0.481 e. The Hall–Kier alpha value is -1.59. The van der Waals surface area contributed by atoms with Crippen LogP contribution in [0.1, 0.15) is 23.5 Å². The van der Waals surface area contributed by atoms with Gasteiger partial charge in [0.25, 0.3) is 0 Å². The molecule has 1 aromatic rings. The van der Waals surface area contributed by atoms with Gasteiger partial charge in [0.05, 0.1) is 12.3 Å². The maximum absolute atomic E-state index is 13.2. The fourth-order valence-electron chi connectivity index (χ4n) is 1.58. The Morgan fingerprint density at radius 1 is 1.41 bits per heavy atom. The fraction of sp³-hybridized carbons (Fsp3) is 0.364. The van der Waals surface area contributed by atoms with Gasteiger partial charge in [-0.1, -0.05) is 12.1 Å². The molecule has 1 rings (SSSR count). The van der Waals surface area contributed by atoms with Gasteiger partial charge in [0, 0.05) is 0 Å². The summed E-state index contributed by atoms with van der Waals surface area (Å²) in [7, 11) is 0. The molecule has 0 aliphatic heterocycles. The fourth-order valence-corrected chi connectivity index (χ4v) is 1.58. The van der Waals surface area contributed by atoms with Crippen LogP contribution in [0.2, 0.25) is 0 Å². The molecular weight excluding hydrogens is 240 g/mol. The van der Waals surface area contributed by atoms with Crippen LogP contribution in [-0.4, -0.2) is 17.3 Å². The number of halogens is 4. The zero-order valence-corrected chi connectivity index (χ0v) is 8.88. The molecule has 0 aliphatic carbocycles. The lowest BCUT2D eigenvalue weighted by molar-refractivity contribution is -0.163. The number of rotatable bonds is 3. The monoisotopic (exact) mass is 250 g/mol. The molecule has 94 valence electrons. The van der Waals surface area contributed by atoms with Gasteiger partial charge < -0.3 is 5.11 Å². The summed E-state index contributed by atoms with van der Waals surface area (Å²) in [5.41, 5.74) is -0.504. The van der Waals surface area contributed by atoms with Crippen LogP contribution < -0.4 is 0 Å². The van der Waals surface area contributed by atoms with Gasteiger partial charge in [0.1, 0.15) is 5.82 Å². The van der Waals surface area contributed by atoms with Crippen molar-refractivity contribution in [3.63, 3.8) is 0 Å². The lowest BCUT2D eigenvalue weighted by atomic mass is 9.91. The minimum atomic E-state index is -4.71. The number of carbonyl (C=O) groups is 1. The molecule has 0 radical (unpaired) electrons. The Balaban J connectivity index is 3.22. The zero-order valence-electron chi connectivity index (χ0n) is 8.88. The Labute approximate surface area is 94.9 Å². The molecule has 0 fully saturated rings. The van der Waals surface area contributed by atoms with Crippen molar-refractivity contribution in [3.8, 4) is 0 Å². The van der Waals surface area contributed by atoms with Crippen molar-refractivity contribution < 1.29 is 27.5 Å². The summed E-state index contributed by atoms with van der Waals surface area (Å²) in [6.45, 7) is 1.20. The highest BCUT2D eigenvalue weighted by Crippen LogP contribution is 2.39. The molecule has 6 heteroatoms. The molecule has 1 N–H and O–H groups in total. The van der Waals surface area contributed by atoms with Crippen molar-refractivity contribution in [1.29, 1.82) is 0 Å². The third kappa shape index (κ3) is 3.18. The van der Waals surface area contributed by atoms with Crippen molar-refractivity contribution in [2.75, 3.05) is 0 Å². The van der Waals surface area contributed by atoms with Gasteiger partial charge in [-0.05, 0) is 24.1 Å². The van der Waals surface area contributed by atoms with Crippen molar-refractivity contribution in [2.45, 2.75) is 25.4 Å². The molecule has 0 amide bonds. The summed E-state index contributed by atoms with van der Waals surface area (Å²) >= 11 is 0. The van der Waals surface area contributed by atoms with E-state index in [9.17, 15) is 22.4 Å². The van der Waals surface area contributed by atoms with E-state index >= 15 is 0 Å². The van der Waals surface area contributed by atoms with Crippen LogP contribution in [0, 0.1) is 12.7 Å². The average molecular weight is 250 g/mol. The standard InChI is InChI=1S/C11H10F4O2/c1-6-7(3-2-4-9(6)12)8(5-10(16)17)11(13,14)15/h2-4,8H,5H2,1H3,(H,16,17). The number of alkyl halides is 3. The second-order valence-corrected chi connectivity index (χ2v) is 3.65. The molecule has 0 saturated heterocycles. The first-order chi connectivity index (χ1) is 7.73. The Morgan fingerprint density at radius 3 is 2.47 bits per heavy atom. The van der Waals surface area contributed by atoms with E-state index in [0.29, 0.717) is 0 Å². The summed E-state index contributed by atoms with van der Waals surface area (Å²) in [5.74, 6) is -4.53. The number of hydrogen-bond acceptors (Lipinski definition) is 1. The van der Waals surface area contributed by atoms with Gasteiger partial charge >= 0.3 is 12.1 Å². The quantitative estimate of drug-likeness (QED) is 0.836. The van der Waals surface area contributed by atoms with E-state index in [1.54, 1.807) is 0 Å². The number of aliphatic carboxylic acids is 1. The smallest absolute Gasteiger partial charge is 0.396 e. The highest BCUT2D eigenvalue weighted by molar-refractivity contribution is 5.68. The maximum atomic E-state index is 13.2. The van der Waals surface area contributed by atoms with Gasteiger partial charge in [-0.15, -0.1) is 0 Å². The Morgan fingerprint density at radius 2 is 2.00 bits per heavy atom. The number of benzene rings is 1. The zero-order chi connectivity index (χ0) is 13.2. The molecule has 1 unspecified atom stereocenters. The highest BCUT2D eigenvalue weighted by atomic mass is 19.4. The minimum absolute atomic E-state index is 0.170. The van der Waals surface area contributed by atoms with Gasteiger partial charge in [0.15, 0.2) is 0 Å². The SMILES string of the molecule is Cc1c(F)cccc1C(CC(=O)O)C(F)(F)F. The van der Waals surface area contributed by atoms with Crippen LogP contribution in [-0.2, 0) is 4.79 Å². The van der Waals surface area contributed by atoms with Gasteiger partial charge in [0.2, 0.25) is 0 Å². The molecule has 1 atom stereocenters. The molecule has 0 saturated carbocycles. The summed E-state index contributed by atoms with van der Waals surface area (Å²) in [4.78, 5) is 10.4. The molecular formula is C11H10F4O2. The first kappa shape index (κ1) is 13.5. The average Bonchev–Trinajstić information content (AvgIpc) is 2.17. The van der Waals surface area contributed by atoms with Gasteiger partial charge in [-0.3, -0.25) is 4.79 Å². The third-order valence-electron chi connectivity index (χ3n) is 2.46. The predicted octanol–water partition coefficient (Wildman–Crippen LogP) is 3.25. The van der Waals surface area contributed by atoms with E-state index < -0.39 is 30.3 Å². The molecule has 0 aromatic heterocycles. The Kier molecular flexibility index (Phi) is 3.75. The van der Waals surface area contributed by atoms with Gasteiger partial charge in [-0.25, -0.2) is 4.39 Å². The summed E-state index contributed by atoms with van der Waals surface area (Å²) < 4.78 is 51.2. The number of hydrogen-bond donors (Lipinski definition) is 1. The van der Waals surface area contributed by atoms with E-state index in [1.807, 2.05) is 0 Å². The van der Waals surface area contributed by atoms with Gasteiger partial charge in [-0.2, -0.15) is 13.2 Å². The molecule has 0 aliphatic rings. The van der Waals surface area contributed by atoms with Crippen LogP contribution in [0.4, 0.5) is 17.6 Å².